The topological polar surface area (TPSA) is 72.9 Å². The molecule has 2 fully saturated rings. The molecule has 3 rings (SSSR count). The summed E-state index contributed by atoms with van der Waals surface area (Å²) in [5.41, 5.74) is 0.0892. The van der Waals surface area contributed by atoms with Crippen molar-refractivity contribution in [2.75, 3.05) is 31.1 Å². The van der Waals surface area contributed by atoms with Gasteiger partial charge in [0.2, 0.25) is 0 Å². The number of hydrogen-bond donors (Lipinski definition) is 2. The second-order valence-corrected chi connectivity index (χ2v) is 7.74. The third-order valence-electron chi connectivity index (χ3n) is 5.45. The van der Waals surface area contributed by atoms with Crippen LogP contribution < -0.4 is 10.2 Å². The number of benzene rings is 1. The van der Waals surface area contributed by atoms with Crippen molar-refractivity contribution in [1.29, 1.82) is 0 Å². The number of amides is 2. The van der Waals surface area contributed by atoms with Crippen LogP contribution in [0.1, 0.15) is 26.2 Å². The van der Waals surface area contributed by atoms with Crippen molar-refractivity contribution in [3.63, 3.8) is 0 Å². The Kier molecular flexibility index (Phi) is 5.27. The SMILES string of the molecule is CC1(C(=O)O)CCN(C(=O)NC2CCN(c3ccc(F)c(Cl)c3)C2)CC1. The molecule has 1 unspecified atom stereocenters. The molecule has 2 aliphatic rings. The summed E-state index contributed by atoms with van der Waals surface area (Å²) in [7, 11) is 0. The number of carboxylic acids is 1. The summed E-state index contributed by atoms with van der Waals surface area (Å²) in [6.07, 6.45) is 1.71. The van der Waals surface area contributed by atoms with Crippen molar-refractivity contribution >= 4 is 29.3 Å². The number of nitrogens with zero attached hydrogens (tertiary/aromatic N) is 2. The van der Waals surface area contributed by atoms with Gasteiger partial charge >= 0.3 is 12.0 Å². The number of urea groups is 1. The Morgan fingerprint density at radius 2 is 2.00 bits per heavy atom. The molecule has 142 valence electrons. The summed E-state index contributed by atoms with van der Waals surface area (Å²) in [5.74, 6) is -1.25. The van der Waals surface area contributed by atoms with E-state index in [4.69, 9.17) is 11.6 Å². The van der Waals surface area contributed by atoms with Crippen LogP contribution in [0.2, 0.25) is 5.02 Å². The Morgan fingerprint density at radius 3 is 2.62 bits per heavy atom. The van der Waals surface area contributed by atoms with Crippen LogP contribution in [0, 0.1) is 11.2 Å². The van der Waals surface area contributed by atoms with Crippen LogP contribution in [0.3, 0.4) is 0 Å². The summed E-state index contributed by atoms with van der Waals surface area (Å²) >= 11 is 5.84. The number of rotatable bonds is 3. The van der Waals surface area contributed by atoms with Crippen LogP contribution >= 0.6 is 11.6 Å². The minimum absolute atomic E-state index is 0.000822. The predicted molar refractivity (Wildman–Crippen MR) is 97.1 cm³/mol. The fourth-order valence-corrected chi connectivity index (χ4v) is 3.65. The zero-order valence-corrected chi connectivity index (χ0v) is 15.4. The van der Waals surface area contributed by atoms with Crippen molar-refractivity contribution in [3.05, 3.63) is 29.0 Å². The third-order valence-corrected chi connectivity index (χ3v) is 5.74. The van der Waals surface area contributed by atoms with E-state index in [1.54, 1.807) is 24.0 Å². The Balaban J connectivity index is 1.52. The minimum Gasteiger partial charge on any atom is -0.481 e. The molecule has 0 spiro atoms. The molecule has 2 amide bonds. The van der Waals surface area contributed by atoms with Gasteiger partial charge in [0.25, 0.3) is 0 Å². The van der Waals surface area contributed by atoms with Gasteiger partial charge in [-0.25, -0.2) is 9.18 Å². The standard InChI is InChI=1S/C18H23ClFN3O3/c1-18(16(24)25)5-8-22(9-6-18)17(26)21-12-4-7-23(11-12)13-2-3-15(20)14(19)10-13/h2-3,10,12H,4-9,11H2,1H3,(H,21,26)(H,24,25). The van der Waals surface area contributed by atoms with Gasteiger partial charge in [0, 0.05) is 37.9 Å². The average molecular weight is 384 g/mol. The highest BCUT2D eigenvalue weighted by molar-refractivity contribution is 6.31. The van der Waals surface area contributed by atoms with Crippen molar-refractivity contribution in [2.24, 2.45) is 5.41 Å². The summed E-state index contributed by atoms with van der Waals surface area (Å²) in [5, 5.41) is 12.4. The summed E-state index contributed by atoms with van der Waals surface area (Å²) in [6, 6.07) is 4.47. The maximum absolute atomic E-state index is 13.3. The smallest absolute Gasteiger partial charge is 0.317 e. The van der Waals surface area contributed by atoms with Gasteiger partial charge in [0.05, 0.1) is 10.4 Å². The van der Waals surface area contributed by atoms with Crippen molar-refractivity contribution in [3.8, 4) is 0 Å². The van der Waals surface area contributed by atoms with Gasteiger partial charge in [-0.05, 0) is 44.4 Å². The fourth-order valence-electron chi connectivity index (χ4n) is 3.48. The number of carbonyl (C=O) groups is 2. The fraction of sp³-hybridized carbons (Fsp3) is 0.556. The molecule has 0 radical (unpaired) electrons. The summed E-state index contributed by atoms with van der Waals surface area (Å²) in [4.78, 5) is 27.5. The second kappa shape index (κ2) is 7.31. The lowest BCUT2D eigenvalue weighted by atomic mass is 9.80. The van der Waals surface area contributed by atoms with E-state index in [0.29, 0.717) is 32.5 Å². The van der Waals surface area contributed by atoms with Crippen LogP contribution in [0.5, 0.6) is 0 Å². The summed E-state index contributed by atoms with van der Waals surface area (Å²) in [6.45, 7) is 4.00. The van der Waals surface area contributed by atoms with Crippen molar-refractivity contribution in [2.45, 2.75) is 32.2 Å². The molecule has 8 heteroatoms. The lowest BCUT2D eigenvalue weighted by Gasteiger charge is -2.36. The highest BCUT2D eigenvalue weighted by Gasteiger charge is 2.38. The molecule has 6 nitrogen and oxygen atoms in total. The van der Waals surface area contributed by atoms with Gasteiger partial charge in [-0.1, -0.05) is 11.6 Å². The normalized spacial score (nSPS) is 22.3. The number of hydrogen-bond acceptors (Lipinski definition) is 3. The number of nitrogens with one attached hydrogen (secondary N) is 1. The molecule has 2 N–H and O–H groups in total. The number of carboxylic acid groups (broad SMARTS) is 1. The van der Waals surface area contributed by atoms with Crippen molar-refractivity contribution in [1.82, 2.24) is 10.2 Å². The van der Waals surface area contributed by atoms with Gasteiger partial charge in [-0.3, -0.25) is 4.79 Å². The first-order chi connectivity index (χ1) is 12.3. The van der Waals surface area contributed by atoms with Crippen LogP contribution in [0.4, 0.5) is 14.9 Å². The number of carbonyl (C=O) groups excluding carboxylic acids is 1. The van der Waals surface area contributed by atoms with Crippen LogP contribution in [0.25, 0.3) is 0 Å². The number of anilines is 1. The number of aliphatic carboxylic acids is 1. The zero-order chi connectivity index (χ0) is 18.9. The van der Waals surface area contributed by atoms with Gasteiger partial charge in [-0.2, -0.15) is 0 Å². The van der Waals surface area contributed by atoms with Gasteiger partial charge in [-0.15, -0.1) is 0 Å². The molecule has 0 aromatic heterocycles. The molecule has 0 bridgehead atoms. The molecular weight excluding hydrogens is 361 g/mol. The molecule has 1 aromatic carbocycles. The van der Waals surface area contributed by atoms with E-state index >= 15 is 0 Å². The van der Waals surface area contributed by atoms with E-state index in [1.165, 1.54) is 6.07 Å². The van der Waals surface area contributed by atoms with Gasteiger partial charge in [0.1, 0.15) is 5.82 Å². The van der Waals surface area contributed by atoms with E-state index in [0.717, 1.165) is 18.7 Å². The van der Waals surface area contributed by atoms with Crippen molar-refractivity contribution < 1.29 is 19.1 Å². The van der Waals surface area contributed by atoms with Crippen LogP contribution in [-0.4, -0.2) is 54.2 Å². The lowest BCUT2D eigenvalue weighted by molar-refractivity contribution is -0.150. The first kappa shape index (κ1) is 18.8. The summed E-state index contributed by atoms with van der Waals surface area (Å²) < 4.78 is 13.3. The van der Waals surface area contributed by atoms with E-state index < -0.39 is 17.2 Å². The lowest BCUT2D eigenvalue weighted by Crippen LogP contribution is -2.51. The number of halogens is 2. The zero-order valence-electron chi connectivity index (χ0n) is 14.7. The Hall–Kier alpha value is -2.02. The minimum atomic E-state index is -0.804. The van der Waals surface area contributed by atoms with Gasteiger partial charge in [0.15, 0.2) is 0 Å². The molecule has 2 saturated heterocycles. The molecule has 0 saturated carbocycles. The van der Waals surface area contributed by atoms with E-state index in [9.17, 15) is 19.1 Å². The first-order valence-electron chi connectivity index (χ1n) is 8.77. The van der Waals surface area contributed by atoms with E-state index in [1.807, 2.05) is 0 Å². The molecule has 2 heterocycles. The Morgan fingerprint density at radius 1 is 1.31 bits per heavy atom. The molecule has 1 atom stereocenters. The van der Waals surface area contributed by atoms with E-state index in [2.05, 4.69) is 10.2 Å². The van der Waals surface area contributed by atoms with Crippen LogP contribution in [-0.2, 0) is 4.79 Å². The second-order valence-electron chi connectivity index (χ2n) is 7.33. The predicted octanol–water partition coefficient (Wildman–Crippen LogP) is 2.95. The quantitative estimate of drug-likeness (QED) is 0.841. The number of piperidine rings is 1. The largest absolute Gasteiger partial charge is 0.481 e. The molecule has 2 aliphatic heterocycles. The van der Waals surface area contributed by atoms with Crippen LogP contribution in [0.15, 0.2) is 18.2 Å². The Bertz CT molecular complexity index is 707. The molecular formula is C18H23ClFN3O3. The molecule has 0 aliphatic carbocycles. The highest BCUT2D eigenvalue weighted by Crippen LogP contribution is 2.31. The Labute approximate surface area is 156 Å². The maximum atomic E-state index is 13.3. The maximum Gasteiger partial charge on any atom is 0.317 e. The molecule has 1 aromatic rings. The first-order valence-corrected chi connectivity index (χ1v) is 9.15. The number of likely N-dealkylation sites (tertiary alicyclic amines) is 1. The monoisotopic (exact) mass is 383 g/mol. The van der Waals surface area contributed by atoms with E-state index in [-0.39, 0.29) is 17.1 Å². The molecule has 26 heavy (non-hydrogen) atoms. The van der Waals surface area contributed by atoms with Gasteiger partial charge < -0.3 is 20.2 Å². The third kappa shape index (κ3) is 3.87. The average Bonchev–Trinajstić information content (AvgIpc) is 3.06. The highest BCUT2D eigenvalue weighted by atomic mass is 35.5.